The molecule has 0 aliphatic carbocycles. The molecular formula is C83H105I4N13O11SV-. The van der Waals surface area contributed by atoms with E-state index < -0.39 is 40.3 Å². The molecule has 0 unspecified atom stereocenters. The molecule has 6 aliphatic rings. The molecule has 0 radical (unpaired) electrons. The Bertz CT molecular complexity index is 4580. The van der Waals surface area contributed by atoms with Gasteiger partial charge in [-0.05, 0) is 157 Å². The van der Waals surface area contributed by atoms with Crippen LogP contribution in [-0.2, 0) is 43.7 Å². The minimum absolute atomic E-state index is 0. The predicted molar refractivity (Wildman–Crippen MR) is 478 cm³/mol. The molecule has 24 nitrogen and oxygen atoms in total. The van der Waals surface area contributed by atoms with E-state index in [-0.39, 0.29) is 94.7 Å². The van der Waals surface area contributed by atoms with E-state index >= 15 is 0 Å². The third-order valence-electron chi connectivity index (χ3n) is 20.2. The van der Waals surface area contributed by atoms with Crippen molar-refractivity contribution in [1.29, 1.82) is 0 Å². The first-order valence-corrected chi connectivity index (χ1v) is 52.4. The van der Waals surface area contributed by atoms with Crippen LogP contribution in [0.3, 0.4) is 0 Å². The summed E-state index contributed by atoms with van der Waals surface area (Å²) in [6.45, 7) is 19.4. The standard InChI is InChI=1S/C41H51N7O4.C27H29N5.C7H13NO4.C7H8O3S.CH4.4HI.V/c1-24(2)37(44-26(5)49)40(51)47-19-7-9-35(47)33-21-32(22-42-33)30-13-11-28(12-14-30)29-15-17-31(18-16-29)34-23-43-39(46-34)36-10-8-20-48(36)41(52)38(25(3)4)45-27(6)50;1-3-23(28-13-1)25-15-22(16-30-25)20-7-5-18(6-8-20)19-9-11-21(12-10-19)26-17-31-27(32-26)24-4-2-14-29-24;1-4(2)5(6(9)10)8-7(11)12-3;1-6-2-4-7(5-3-6)11(8,9)10;;;;;;/h11-18,22-25,35-38H,7-10,19-21H2,1-6H3,(H,43,46)(H,44,49)(H,45,50);5-12,16-17,23-24,28-29H,1-4,13-15H2,(H,31,32);4-5H,1-3H3,(H,8,11)(H,9,10);2-5H,1H3,(H,8,9,10);1H4;4*1H;/q;;;;;;;;;+3/p-4/t35-,36+,37+,38-;23-,24-;5-;;;;;;;/m011......./s1. The molecule has 7 aromatic rings. The molecule has 113 heavy (non-hydrogen) atoms. The maximum atomic E-state index is 13.5. The number of aryl methyl sites for hydroxylation is 1. The number of carboxylic acids is 1. The number of aliphatic carboxylic acids is 1. The number of aromatic nitrogens is 4. The number of H-pyrrole nitrogens is 2. The van der Waals surface area contributed by atoms with Gasteiger partial charge in [0.1, 0.15) is 39.9 Å². The maximum absolute atomic E-state index is 13.5. The number of likely N-dealkylation sites (tertiary alicyclic amines) is 2. The van der Waals surface area contributed by atoms with E-state index in [9.17, 15) is 41.7 Å². The van der Waals surface area contributed by atoms with Crippen molar-refractivity contribution in [2.75, 3.05) is 33.3 Å². The van der Waals surface area contributed by atoms with E-state index in [1.54, 1.807) is 26.0 Å². The van der Waals surface area contributed by atoms with Gasteiger partial charge in [-0.2, -0.15) is 0 Å². The Labute approximate surface area is 719 Å². The monoisotopic (exact) mass is 2050 g/mol. The Morgan fingerprint density at radius 3 is 1.32 bits per heavy atom. The molecule has 5 aromatic carbocycles. The zero-order valence-electron chi connectivity index (χ0n) is 64.6. The molecule has 0 saturated carbocycles. The molecule has 6 aliphatic heterocycles. The Balaban J connectivity index is 0.000000243. The number of methoxy groups -OCH3 is 1. The van der Waals surface area contributed by atoms with E-state index in [1.165, 1.54) is 85.9 Å². The number of carbonyl (C=O) groups is 6. The van der Waals surface area contributed by atoms with Crippen molar-refractivity contribution in [1.82, 2.24) is 56.3 Å². The molecule has 30 heteroatoms. The fourth-order valence-corrected chi connectivity index (χ4v) is 14.7. The van der Waals surface area contributed by atoms with Crippen molar-refractivity contribution in [2.24, 2.45) is 27.7 Å². The molecule has 2 aromatic heterocycles. The van der Waals surface area contributed by atoms with E-state index in [0.29, 0.717) is 31.6 Å². The number of aliphatic imine (C=N–C) groups is 2. The number of halogens is 4. The van der Waals surface area contributed by atoms with Gasteiger partial charge in [0.05, 0.1) is 53.9 Å². The number of ether oxygens (including phenoxy) is 1. The van der Waals surface area contributed by atoms with E-state index in [0.717, 1.165) is 114 Å². The van der Waals surface area contributed by atoms with Crippen molar-refractivity contribution in [3.63, 3.8) is 0 Å². The third kappa shape index (κ3) is 26.7. The number of alkyl carbamates (subject to hydrolysis) is 1. The number of nitrogens with zero attached hydrogens (tertiary/aromatic N) is 6. The van der Waals surface area contributed by atoms with Crippen LogP contribution < -0.4 is 26.6 Å². The zero-order valence-corrected chi connectivity index (χ0v) is 75.7. The van der Waals surface area contributed by atoms with E-state index in [1.807, 2.05) is 63.0 Å². The first kappa shape index (κ1) is 93.5. The van der Waals surface area contributed by atoms with Gasteiger partial charge in [0.25, 0.3) is 0 Å². The van der Waals surface area contributed by atoms with Gasteiger partial charge in [0, 0.05) is 69.6 Å². The molecule has 7 atom stereocenters. The van der Waals surface area contributed by atoms with Crippen LogP contribution in [0.1, 0.15) is 167 Å². The Kier molecular flexibility index (Phi) is 36.9. The summed E-state index contributed by atoms with van der Waals surface area (Å²) in [5.74, 6) is 0.0682. The van der Waals surface area contributed by atoms with Gasteiger partial charge in [0.2, 0.25) is 23.6 Å². The molecule has 5 amide bonds. The van der Waals surface area contributed by atoms with Gasteiger partial charge in [-0.25, -0.2) is 28.0 Å². The number of aromatic amines is 2. The number of amides is 5. The van der Waals surface area contributed by atoms with E-state index in [2.05, 4.69) is 214 Å². The van der Waals surface area contributed by atoms with Crippen LogP contribution in [0.5, 0.6) is 0 Å². The van der Waals surface area contributed by atoms with Crippen LogP contribution >= 0.6 is 83.9 Å². The van der Waals surface area contributed by atoms with Crippen LogP contribution in [0.2, 0.25) is 0 Å². The van der Waals surface area contributed by atoms with Crippen LogP contribution in [0.15, 0.2) is 161 Å². The molecule has 4 fully saturated rings. The molecule has 13 rings (SSSR count). The van der Waals surface area contributed by atoms with Crippen LogP contribution in [0.4, 0.5) is 4.79 Å². The van der Waals surface area contributed by atoms with Gasteiger partial charge < -0.3 is 60.7 Å². The Morgan fingerprint density at radius 2 is 0.920 bits per heavy atom. The van der Waals surface area contributed by atoms with Crippen LogP contribution in [0.25, 0.3) is 55.9 Å². The molecule has 0 bridgehead atoms. The summed E-state index contributed by atoms with van der Waals surface area (Å²) in [7, 11) is -3.08. The average molecular weight is 2050 g/mol. The van der Waals surface area contributed by atoms with Crippen LogP contribution in [0, 0.1) is 24.7 Å². The van der Waals surface area contributed by atoms with Crippen LogP contribution in [-0.4, -0.2) is 158 Å². The molecule has 8 heterocycles. The Morgan fingerprint density at radius 1 is 0.540 bits per heavy atom. The number of carbonyl (C=O) groups excluding carboxylic acids is 5. The predicted octanol–water partition coefficient (Wildman–Crippen LogP) is 16.3. The van der Waals surface area contributed by atoms with Crippen molar-refractivity contribution in [2.45, 2.75) is 181 Å². The van der Waals surface area contributed by atoms with Gasteiger partial charge in [-0.1, -0.05) is 164 Å². The molecule has 608 valence electrons. The summed E-state index contributed by atoms with van der Waals surface area (Å²) in [6.07, 6.45) is 17.0. The van der Waals surface area contributed by atoms with Crippen molar-refractivity contribution >= 4 is 152 Å². The number of hydrogen-bond acceptors (Lipinski definition) is 16. The number of nitrogens with one attached hydrogen (secondary N) is 7. The van der Waals surface area contributed by atoms with Crippen molar-refractivity contribution in [3.05, 3.63) is 174 Å². The molecule has 8 N–H and O–H groups in total. The normalized spacial score (nSPS) is 18.4. The molecular weight excluding hydrogens is 1950 g/mol. The second-order valence-corrected chi connectivity index (χ2v) is 66.0. The van der Waals surface area contributed by atoms with E-state index in [4.69, 9.17) is 15.1 Å². The summed E-state index contributed by atoms with van der Waals surface area (Å²) in [4.78, 5) is 101. The zero-order chi connectivity index (χ0) is 80.2. The quantitative estimate of drug-likeness (QED) is 0.0260. The van der Waals surface area contributed by atoms with Gasteiger partial charge in [0.15, 0.2) is 0 Å². The number of hydrogen-bond donors (Lipinski definition) is 8. The van der Waals surface area contributed by atoms with Crippen molar-refractivity contribution < 1.29 is 56.5 Å². The number of imidazole rings is 2. The minimum atomic E-state index is -4.27. The fourth-order valence-electron chi connectivity index (χ4n) is 14.2. The summed E-state index contributed by atoms with van der Waals surface area (Å²) in [5, 5.41) is 23.6. The van der Waals surface area contributed by atoms with Gasteiger partial charge >= 0.3 is 76.9 Å². The second-order valence-electron chi connectivity index (χ2n) is 29.3. The van der Waals surface area contributed by atoms with Crippen molar-refractivity contribution in [3.8, 4) is 44.8 Å². The summed E-state index contributed by atoms with van der Waals surface area (Å²) in [6, 6.07) is 38.9. The fraction of sp³-hybridized carbons (Fsp3) is 0.422. The summed E-state index contributed by atoms with van der Waals surface area (Å²) in [5.41, 5.74) is 16.9. The second kappa shape index (κ2) is 44.6. The van der Waals surface area contributed by atoms with Gasteiger partial charge in [-0.3, -0.25) is 29.2 Å². The summed E-state index contributed by atoms with van der Waals surface area (Å²) >= 11 is 7.39. The number of rotatable bonds is 20. The number of benzene rings is 5. The summed E-state index contributed by atoms with van der Waals surface area (Å²) < 4.78 is 35.4. The first-order chi connectivity index (χ1) is 53.0. The molecule has 4 saturated heterocycles. The first-order valence-electron chi connectivity index (χ1n) is 37.5. The average Bonchev–Trinajstić information content (AvgIpc) is 1.67. The SMILES string of the molecule is C.C1=C(c2ccc(-c3ccc(-c4cnc([C@H]5CCCN5)[nH]4)cc3)cc2)CC([C@H]2CCCN2)=N1.CC(=O)N[C@H](C(=O)N1CCC[C@@H]1c1ncc(-c2ccc(-c3ccc(C4=CN=C([C@@H]5CCCN5C(=O)[C@H](NC(C)=O)C(C)C)C4)cc3)cc2)[nH]1)C(C)C.COC(=O)N[C@@H](C(=O)O)C(C)C.Cc1ccc(S(=O)(=O)[O-])cc1.I.[I][V]([I])[I]. The molecule has 0 spiro atoms. The Hall–Kier alpha value is -6.71. The number of carboxylic acid groups (broad SMARTS) is 1. The number of allylic oxidation sites excluding steroid dienone is 2. The topological polar surface area (TPSA) is 338 Å². The van der Waals surface area contributed by atoms with Gasteiger partial charge in [-0.15, -0.1) is 24.0 Å². The third-order valence-corrected chi connectivity index (χ3v) is 21.0.